The molecule has 6 heteroatoms. The molecule has 5 nitrogen and oxygen atoms in total. The van der Waals surface area contributed by atoms with Gasteiger partial charge in [0.2, 0.25) is 0 Å². The zero-order valence-corrected chi connectivity index (χ0v) is 11.2. The molecule has 0 spiro atoms. The summed E-state index contributed by atoms with van der Waals surface area (Å²) >= 11 is 6.08. The maximum Gasteiger partial charge on any atom is 0.151 e. The number of hydrogen-bond acceptors (Lipinski definition) is 3. The largest absolute Gasteiger partial charge is 0.344 e. The fourth-order valence-electron chi connectivity index (χ4n) is 1.73. The van der Waals surface area contributed by atoms with Gasteiger partial charge in [0.05, 0.1) is 11.9 Å². The van der Waals surface area contributed by atoms with E-state index in [-0.39, 0.29) is 0 Å². The molecule has 0 radical (unpaired) electrons. The number of aromatic nitrogens is 4. The van der Waals surface area contributed by atoms with Crippen molar-refractivity contribution in [3.63, 3.8) is 0 Å². The summed E-state index contributed by atoms with van der Waals surface area (Å²) in [7, 11) is 0. The standard InChI is InChI=1S/C12H18ClN5/c1-2-3-4-11-17-10(12(13)18-11)8-14-5-9-6-15-16-7-9/h6-7,14H,2-5,8H2,1H3,(H,15,16)(H,17,18). The van der Waals surface area contributed by atoms with Gasteiger partial charge in [-0.3, -0.25) is 5.10 Å². The van der Waals surface area contributed by atoms with Crippen LogP contribution in [0.15, 0.2) is 12.4 Å². The highest BCUT2D eigenvalue weighted by molar-refractivity contribution is 6.30. The molecule has 18 heavy (non-hydrogen) atoms. The summed E-state index contributed by atoms with van der Waals surface area (Å²) < 4.78 is 0. The van der Waals surface area contributed by atoms with E-state index in [1.54, 1.807) is 6.20 Å². The fourth-order valence-corrected chi connectivity index (χ4v) is 1.94. The lowest BCUT2D eigenvalue weighted by atomic mass is 10.2. The molecule has 0 aliphatic carbocycles. The summed E-state index contributed by atoms with van der Waals surface area (Å²) in [5.41, 5.74) is 2.07. The van der Waals surface area contributed by atoms with Crippen molar-refractivity contribution in [2.45, 2.75) is 39.3 Å². The van der Waals surface area contributed by atoms with Crippen molar-refractivity contribution < 1.29 is 0 Å². The predicted octanol–water partition coefficient (Wildman–Crippen LogP) is 2.42. The van der Waals surface area contributed by atoms with E-state index in [1.165, 1.54) is 0 Å². The molecular formula is C12H18ClN5. The molecule has 0 saturated carbocycles. The van der Waals surface area contributed by atoms with Crippen molar-refractivity contribution in [3.8, 4) is 0 Å². The van der Waals surface area contributed by atoms with Gasteiger partial charge in [-0.1, -0.05) is 24.9 Å². The Kier molecular flexibility index (Phi) is 4.78. The smallest absolute Gasteiger partial charge is 0.151 e. The summed E-state index contributed by atoms with van der Waals surface area (Å²) in [6, 6.07) is 0. The third-order valence-electron chi connectivity index (χ3n) is 2.73. The number of nitrogens with zero attached hydrogens (tertiary/aromatic N) is 2. The minimum absolute atomic E-state index is 0.570. The molecule has 2 rings (SSSR count). The molecule has 0 atom stereocenters. The Morgan fingerprint density at radius 1 is 1.39 bits per heavy atom. The highest BCUT2D eigenvalue weighted by Gasteiger charge is 2.07. The molecule has 0 saturated heterocycles. The van der Waals surface area contributed by atoms with Gasteiger partial charge in [0.15, 0.2) is 5.15 Å². The second-order valence-electron chi connectivity index (χ2n) is 4.27. The Hall–Kier alpha value is -1.33. The number of unbranched alkanes of at least 4 members (excludes halogenated alkanes) is 1. The average Bonchev–Trinajstić information content (AvgIpc) is 2.98. The molecule has 0 aliphatic heterocycles. The molecular weight excluding hydrogens is 250 g/mol. The minimum atomic E-state index is 0.570. The van der Waals surface area contributed by atoms with Gasteiger partial charge in [-0.15, -0.1) is 0 Å². The summed E-state index contributed by atoms with van der Waals surface area (Å²) in [4.78, 5) is 7.58. The second-order valence-corrected chi connectivity index (χ2v) is 4.62. The Morgan fingerprint density at radius 2 is 2.28 bits per heavy atom. The Bertz CT molecular complexity index is 463. The van der Waals surface area contributed by atoms with Gasteiger partial charge < -0.3 is 10.3 Å². The maximum atomic E-state index is 6.08. The summed E-state index contributed by atoms with van der Waals surface area (Å²) in [5.74, 6) is 0.974. The zero-order chi connectivity index (χ0) is 12.8. The van der Waals surface area contributed by atoms with Gasteiger partial charge in [-0.05, 0) is 6.42 Å². The van der Waals surface area contributed by atoms with Crippen molar-refractivity contribution in [1.29, 1.82) is 0 Å². The summed E-state index contributed by atoms with van der Waals surface area (Å²) in [6.07, 6.45) is 6.92. The van der Waals surface area contributed by atoms with Gasteiger partial charge in [0, 0.05) is 31.3 Å². The topological polar surface area (TPSA) is 69.4 Å². The van der Waals surface area contributed by atoms with E-state index in [0.717, 1.165) is 42.9 Å². The third kappa shape index (κ3) is 3.58. The lowest BCUT2D eigenvalue weighted by Gasteiger charge is -2.00. The first kappa shape index (κ1) is 13.1. The molecule has 0 aliphatic rings. The van der Waals surface area contributed by atoms with E-state index in [1.807, 2.05) is 6.20 Å². The van der Waals surface area contributed by atoms with Crippen LogP contribution in [0.2, 0.25) is 5.15 Å². The highest BCUT2D eigenvalue weighted by Crippen LogP contribution is 2.14. The number of aryl methyl sites for hydroxylation is 1. The quantitative estimate of drug-likeness (QED) is 0.722. The van der Waals surface area contributed by atoms with Crippen LogP contribution in [0.1, 0.15) is 36.8 Å². The van der Waals surface area contributed by atoms with Crippen LogP contribution in [0.4, 0.5) is 0 Å². The number of imidazole rings is 1. The first-order valence-corrected chi connectivity index (χ1v) is 6.59. The van der Waals surface area contributed by atoms with Crippen LogP contribution in [-0.2, 0) is 19.5 Å². The molecule has 2 aromatic rings. The monoisotopic (exact) mass is 267 g/mol. The number of rotatable bonds is 7. The maximum absolute atomic E-state index is 6.08. The molecule has 2 heterocycles. The minimum Gasteiger partial charge on any atom is -0.344 e. The zero-order valence-electron chi connectivity index (χ0n) is 10.5. The molecule has 98 valence electrons. The SMILES string of the molecule is CCCCc1nc(Cl)c(CNCc2cn[nH]c2)[nH]1. The van der Waals surface area contributed by atoms with Crippen LogP contribution in [0, 0.1) is 0 Å². The van der Waals surface area contributed by atoms with Crippen LogP contribution in [-0.4, -0.2) is 20.2 Å². The van der Waals surface area contributed by atoms with Crippen LogP contribution in [0.25, 0.3) is 0 Å². The van der Waals surface area contributed by atoms with E-state index in [0.29, 0.717) is 11.7 Å². The normalized spacial score (nSPS) is 11.0. The first-order valence-electron chi connectivity index (χ1n) is 6.21. The number of nitrogens with one attached hydrogen (secondary N) is 3. The summed E-state index contributed by atoms with van der Waals surface area (Å²) in [5, 5.41) is 10.5. The summed E-state index contributed by atoms with van der Waals surface area (Å²) in [6.45, 7) is 3.61. The van der Waals surface area contributed by atoms with E-state index in [2.05, 4.69) is 32.4 Å². The Labute approximate surface area is 111 Å². The molecule has 0 unspecified atom stereocenters. The fraction of sp³-hybridized carbons (Fsp3) is 0.500. The number of H-pyrrole nitrogens is 2. The Balaban J connectivity index is 1.83. The van der Waals surface area contributed by atoms with Crippen LogP contribution in [0.5, 0.6) is 0 Å². The van der Waals surface area contributed by atoms with Gasteiger partial charge >= 0.3 is 0 Å². The molecule has 0 amide bonds. The number of hydrogen-bond donors (Lipinski definition) is 3. The van der Waals surface area contributed by atoms with E-state index < -0.39 is 0 Å². The van der Waals surface area contributed by atoms with Crippen molar-refractivity contribution >= 4 is 11.6 Å². The predicted molar refractivity (Wildman–Crippen MR) is 71.3 cm³/mol. The van der Waals surface area contributed by atoms with Crippen LogP contribution >= 0.6 is 11.6 Å². The van der Waals surface area contributed by atoms with Gasteiger partial charge in [0.1, 0.15) is 5.82 Å². The van der Waals surface area contributed by atoms with Crippen molar-refractivity contribution in [3.05, 3.63) is 34.6 Å². The van der Waals surface area contributed by atoms with Gasteiger partial charge in [-0.25, -0.2) is 4.98 Å². The van der Waals surface area contributed by atoms with Gasteiger partial charge in [-0.2, -0.15) is 5.10 Å². The van der Waals surface area contributed by atoms with E-state index in [4.69, 9.17) is 11.6 Å². The Morgan fingerprint density at radius 3 is 3.00 bits per heavy atom. The van der Waals surface area contributed by atoms with Crippen molar-refractivity contribution in [1.82, 2.24) is 25.5 Å². The van der Waals surface area contributed by atoms with Crippen LogP contribution < -0.4 is 5.32 Å². The third-order valence-corrected chi connectivity index (χ3v) is 3.04. The lowest BCUT2D eigenvalue weighted by molar-refractivity contribution is 0.679. The molecule has 3 N–H and O–H groups in total. The number of halogens is 1. The van der Waals surface area contributed by atoms with Crippen molar-refractivity contribution in [2.75, 3.05) is 0 Å². The van der Waals surface area contributed by atoms with Crippen LogP contribution in [0.3, 0.4) is 0 Å². The van der Waals surface area contributed by atoms with E-state index >= 15 is 0 Å². The average molecular weight is 268 g/mol. The molecule has 0 fully saturated rings. The van der Waals surface area contributed by atoms with Crippen molar-refractivity contribution in [2.24, 2.45) is 0 Å². The molecule has 2 aromatic heterocycles. The number of aromatic amines is 2. The van der Waals surface area contributed by atoms with E-state index in [9.17, 15) is 0 Å². The molecule has 0 bridgehead atoms. The highest BCUT2D eigenvalue weighted by atomic mass is 35.5. The first-order chi connectivity index (χ1) is 8.79. The second kappa shape index (κ2) is 6.56. The lowest BCUT2D eigenvalue weighted by Crippen LogP contribution is -2.12. The van der Waals surface area contributed by atoms with Gasteiger partial charge in [0.25, 0.3) is 0 Å². The molecule has 0 aromatic carbocycles.